The summed E-state index contributed by atoms with van der Waals surface area (Å²) in [7, 11) is 0. The third-order valence-electron chi connectivity index (χ3n) is 3.09. The number of likely N-dealkylation sites (tertiary alicyclic amines) is 1. The minimum absolute atomic E-state index is 0.173. The summed E-state index contributed by atoms with van der Waals surface area (Å²) in [6.45, 7) is 6.57. The number of rotatable bonds is 2. The van der Waals surface area contributed by atoms with E-state index in [1.807, 2.05) is 20.8 Å². The Balaban J connectivity index is 1.93. The monoisotopic (exact) mass is 298 g/mol. The molecule has 1 aliphatic heterocycles. The highest BCUT2D eigenvalue weighted by Crippen LogP contribution is 2.30. The Morgan fingerprint density at radius 1 is 1.55 bits per heavy atom. The molecule has 0 saturated carbocycles. The standard InChI is InChI=1S/C14H19ClN2O3/c1-14(2,3)20-13(19)17-6-10(7-17)9-4-11(15)12(8-18)16-5-9/h4-5,10,18H,6-8H2,1-3H3. The molecule has 5 nitrogen and oxygen atoms in total. The lowest BCUT2D eigenvalue weighted by Crippen LogP contribution is -2.50. The Labute approximate surface area is 123 Å². The number of hydrogen-bond acceptors (Lipinski definition) is 4. The van der Waals surface area contributed by atoms with Crippen LogP contribution in [0.15, 0.2) is 12.3 Å². The maximum atomic E-state index is 11.8. The zero-order valence-corrected chi connectivity index (χ0v) is 12.6. The van der Waals surface area contributed by atoms with Crippen molar-refractivity contribution in [3.8, 4) is 0 Å². The number of amides is 1. The van der Waals surface area contributed by atoms with Crippen molar-refractivity contribution >= 4 is 17.7 Å². The van der Waals surface area contributed by atoms with Crippen LogP contribution in [0.3, 0.4) is 0 Å². The number of aliphatic hydroxyl groups excluding tert-OH is 1. The molecular formula is C14H19ClN2O3. The molecule has 1 aromatic rings. The lowest BCUT2D eigenvalue weighted by molar-refractivity contribution is 0.00817. The average Bonchev–Trinajstić information content (AvgIpc) is 2.24. The fraction of sp³-hybridized carbons (Fsp3) is 0.571. The van der Waals surface area contributed by atoms with Gasteiger partial charge in [0.2, 0.25) is 0 Å². The molecule has 0 aromatic carbocycles. The van der Waals surface area contributed by atoms with Gasteiger partial charge in [0, 0.05) is 25.2 Å². The molecule has 1 amide bonds. The van der Waals surface area contributed by atoms with Gasteiger partial charge in [0.1, 0.15) is 5.60 Å². The van der Waals surface area contributed by atoms with Crippen molar-refractivity contribution in [2.75, 3.05) is 13.1 Å². The van der Waals surface area contributed by atoms with Gasteiger partial charge in [-0.05, 0) is 32.4 Å². The topological polar surface area (TPSA) is 62.7 Å². The van der Waals surface area contributed by atoms with Gasteiger partial charge in [0.05, 0.1) is 17.3 Å². The van der Waals surface area contributed by atoms with E-state index in [-0.39, 0.29) is 18.6 Å². The first-order valence-electron chi connectivity index (χ1n) is 6.53. The van der Waals surface area contributed by atoms with Crippen LogP contribution in [0.2, 0.25) is 5.02 Å². The van der Waals surface area contributed by atoms with Gasteiger partial charge >= 0.3 is 6.09 Å². The van der Waals surface area contributed by atoms with E-state index >= 15 is 0 Å². The Kier molecular flexibility index (Phi) is 4.20. The van der Waals surface area contributed by atoms with Crippen LogP contribution >= 0.6 is 11.6 Å². The SMILES string of the molecule is CC(C)(C)OC(=O)N1CC(c2cnc(CO)c(Cl)c2)C1. The first-order valence-corrected chi connectivity index (χ1v) is 6.91. The van der Waals surface area contributed by atoms with Gasteiger partial charge in [-0.25, -0.2) is 4.79 Å². The lowest BCUT2D eigenvalue weighted by Gasteiger charge is -2.40. The molecule has 1 aromatic heterocycles. The van der Waals surface area contributed by atoms with Gasteiger partial charge in [-0.3, -0.25) is 4.98 Å². The van der Waals surface area contributed by atoms with Crippen molar-refractivity contribution in [3.63, 3.8) is 0 Å². The molecule has 2 heterocycles. The molecular weight excluding hydrogens is 280 g/mol. The largest absolute Gasteiger partial charge is 0.444 e. The zero-order chi connectivity index (χ0) is 14.9. The smallest absolute Gasteiger partial charge is 0.410 e. The predicted molar refractivity (Wildman–Crippen MR) is 75.7 cm³/mol. The highest BCUT2D eigenvalue weighted by Gasteiger charge is 2.34. The van der Waals surface area contributed by atoms with E-state index in [0.717, 1.165) is 5.56 Å². The van der Waals surface area contributed by atoms with E-state index in [1.165, 1.54) is 0 Å². The van der Waals surface area contributed by atoms with Crippen LogP contribution < -0.4 is 0 Å². The summed E-state index contributed by atoms with van der Waals surface area (Å²) in [5, 5.41) is 9.48. The van der Waals surface area contributed by atoms with Crippen LogP contribution in [0.1, 0.15) is 37.9 Å². The minimum atomic E-state index is -0.476. The quantitative estimate of drug-likeness (QED) is 0.911. The number of aliphatic hydroxyl groups is 1. The van der Waals surface area contributed by atoms with Gasteiger partial charge in [-0.2, -0.15) is 0 Å². The Hall–Kier alpha value is -1.33. The number of ether oxygens (including phenoxy) is 1. The predicted octanol–water partition coefficient (Wildman–Crippen LogP) is 2.56. The van der Waals surface area contributed by atoms with E-state index in [1.54, 1.807) is 17.2 Å². The maximum Gasteiger partial charge on any atom is 0.410 e. The zero-order valence-electron chi connectivity index (χ0n) is 11.9. The van der Waals surface area contributed by atoms with Gasteiger partial charge in [0.25, 0.3) is 0 Å². The number of nitrogens with zero attached hydrogens (tertiary/aromatic N) is 2. The molecule has 6 heteroatoms. The van der Waals surface area contributed by atoms with Gasteiger partial charge in [-0.1, -0.05) is 11.6 Å². The summed E-state index contributed by atoms with van der Waals surface area (Å²) >= 11 is 6.01. The van der Waals surface area contributed by atoms with Crippen LogP contribution in [0.25, 0.3) is 0 Å². The van der Waals surface area contributed by atoms with E-state index in [2.05, 4.69) is 4.98 Å². The van der Waals surface area contributed by atoms with E-state index < -0.39 is 5.60 Å². The maximum absolute atomic E-state index is 11.8. The van der Waals surface area contributed by atoms with Crippen LogP contribution in [0, 0.1) is 0 Å². The Morgan fingerprint density at radius 2 is 2.20 bits per heavy atom. The molecule has 0 radical (unpaired) electrons. The second-order valence-electron chi connectivity index (χ2n) is 5.94. The fourth-order valence-electron chi connectivity index (χ4n) is 1.99. The summed E-state index contributed by atoms with van der Waals surface area (Å²) in [5.41, 5.74) is 0.973. The van der Waals surface area contributed by atoms with Crippen LogP contribution in [0.5, 0.6) is 0 Å². The minimum Gasteiger partial charge on any atom is -0.444 e. The average molecular weight is 299 g/mol. The van der Waals surface area contributed by atoms with E-state index in [9.17, 15) is 4.79 Å². The second kappa shape index (κ2) is 5.58. The summed E-state index contributed by atoms with van der Waals surface area (Å²) in [6, 6.07) is 1.80. The van der Waals surface area contributed by atoms with Crippen LogP contribution in [0.4, 0.5) is 4.79 Å². The molecule has 110 valence electrons. The van der Waals surface area contributed by atoms with Crippen LogP contribution in [-0.4, -0.2) is 39.8 Å². The van der Waals surface area contributed by atoms with Crippen LogP contribution in [-0.2, 0) is 11.3 Å². The summed E-state index contributed by atoms with van der Waals surface area (Å²) < 4.78 is 5.30. The van der Waals surface area contributed by atoms with Gasteiger partial charge in [0.15, 0.2) is 0 Å². The van der Waals surface area contributed by atoms with E-state index in [0.29, 0.717) is 23.8 Å². The fourth-order valence-corrected chi connectivity index (χ4v) is 2.22. The third kappa shape index (κ3) is 3.41. The highest BCUT2D eigenvalue weighted by atomic mass is 35.5. The second-order valence-corrected chi connectivity index (χ2v) is 6.34. The molecule has 0 aliphatic carbocycles. The van der Waals surface area contributed by atoms with Gasteiger partial charge < -0.3 is 14.7 Å². The molecule has 20 heavy (non-hydrogen) atoms. The molecule has 0 spiro atoms. The summed E-state index contributed by atoms with van der Waals surface area (Å²) in [4.78, 5) is 17.6. The van der Waals surface area contributed by atoms with E-state index in [4.69, 9.17) is 21.4 Å². The Bertz CT molecular complexity index is 508. The first-order chi connectivity index (χ1) is 9.30. The highest BCUT2D eigenvalue weighted by molar-refractivity contribution is 6.31. The first kappa shape index (κ1) is 15.1. The number of halogens is 1. The molecule has 0 bridgehead atoms. The van der Waals surface area contributed by atoms with Crippen molar-refractivity contribution < 1.29 is 14.6 Å². The van der Waals surface area contributed by atoms with Crippen molar-refractivity contribution in [2.24, 2.45) is 0 Å². The molecule has 1 aliphatic rings. The van der Waals surface area contributed by atoms with Crippen molar-refractivity contribution in [1.82, 2.24) is 9.88 Å². The molecule has 1 saturated heterocycles. The summed E-state index contributed by atoms with van der Waals surface area (Å²) in [5.74, 6) is 0.222. The number of carbonyl (C=O) groups excluding carboxylic acids is 1. The lowest BCUT2D eigenvalue weighted by atomic mass is 9.93. The summed E-state index contributed by atoms with van der Waals surface area (Å²) in [6.07, 6.45) is 1.41. The molecule has 0 unspecified atom stereocenters. The van der Waals surface area contributed by atoms with Crippen molar-refractivity contribution in [3.05, 3.63) is 28.5 Å². The molecule has 2 rings (SSSR count). The molecule has 1 N–H and O–H groups in total. The third-order valence-corrected chi connectivity index (χ3v) is 3.42. The Morgan fingerprint density at radius 3 is 2.70 bits per heavy atom. The molecule has 0 atom stereocenters. The van der Waals surface area contributed by atoms with Crippen molar-refractivity contribution in [1.29, 1.82) is 0 Å². The van der Waals surface area contributed by atoms with Gasteiger partial charge in [-0.15, -0.1) is 0 Å². The number of hydrogen-bond donors (Lipinski definition) is 1. The normalized spacial score (nSPS) is 15.9. The molecule has 1 fully saturated rings. The van der Waals surface area contributed by atoms with Crippen molar-refractivity contribution in [2.45, 2.75) is 38.9 Å². The number of pyridine rings is 1. The number of aromatic nitrogens is 1. The number of carbonyl (C=O) groups is 1.